The van der Waals surface area contributed by atoms with E-state index in [0.717, 1.165) is 0 Å². The number of hydrogen-bond acceptors (Lipinski definition) is 2. The maximum atomic E-state index is 13.9. The SMILES string of the molecule is FC(F)(F)C(C1CCC2OC2C1)(C1CCC2OC2C1)C(F)(F)F. The highest BCUT2D eigenvalue weighted by Gasteiger charge is 2.78. The Balaban J connectivity index is 1.73. The molecule has 0 aromatic carbocycles. The Morgan fingerprint density at radius 3 is 1.26 bits per heavy atom. The summed E-state index contributed by atoms with van der Waals surface area (Å²) in [4.78, 5) is 0. The van der Waals surface area contributed by atoms with Crippen molar-refractivity contribution >= 4 is 0 Å². The lowest BCUT2D eigenvalue weighted by Gasteiger charge is -2.49. The Bertz CT molecular complexity index is 443. The first-order chi connectivity index (χ1) is 10.6. The van der Waals surface area contributed by atoms with E-state index in [4.69, 9.17) is 9.47 Å². The van der Waals surface area contributed by atoms with Crippen LogP contribution in [0.5, 0.6) is 0 Å². The topological polar surface area (TPSA) is 25.1 Å². The number of alkyl halides is 6. The summed E-state index contributed by atoms with van der Waals surface area (Å²) >= 11 is 0. The highest BCUT2D eigenvalue weighted by molar-refractivity contribution is 5.10. The molecule has 2 saturated carbocycles. The van der Waals surface area contributed by atoms with Gasteiger partial charge in [0.15, 0.2) is 5.41 Å². The standard InChI is InChI=1S/C15H18F6O2/c16-14(17,18)13(15(19,20)21,7-1-3-9-11(5-7)22-9)8-2-4-10-12(6-8)23-10/h7-12H,1-6H2. The van der Waals surface area contributed by atoms with Crippen LogP contribution in [0.2, 0.25) is 0 Å². The van der Waals surface area contributed by atoms with E-state index in [2.05, 4.69) is 0 Å². The van der Waals surface area contributed by atoms with Gasteiger partial charge in [0.2, 0.25) is 0 Å². The van der Waals surface area contributed by atoms with Crippen molar-refractivity contribution in [2.45, 2.75) is 75.3 Å². The van der Waals surface area contributed by atoms with E-state index >= 15 is 0 Å². The van der Waals surface area contributed by atoms with Crippen molar-refractivity contribution < 1.29 is 35.8 Å². The minimum absolute atomic E-state index is 0.0777. The number of fused-ring (bicyclic) bond motifs is 2. The largest absolute Gasteiger partial charge is 0.403 e. The second kappa shape index (κ2) is 4.77. The van der Waals surface area contributed by atoms with Gasteiger partial charge in [-0.05, 0) is 50.4 Å². The van der Waals surface area contributed by atoms with E-state index in [0.29, 0.717) is 12.8 Å². The highest BCUT2D eigenvalue weighted by atomic mass is 19.4. The lowest BCUT2D eigenvalue weighted by molar-refractivity contribution is -0.380. The number of epoxide rings is 2. The second-order valence-electron chi connectivity index (χ2n) is 7.31. The van der Waals surface area contributed by atoms with Gasteiger partial charge in [-0.25, -0.2) is 0 Å². The van der Waals surface area contributed by atoms with Gasteiger partial charge in [-0.15, -0.1) is 0 Å². The third kappa shape index (κ3) is 2.31. The number of halogens is 6. The zero-order valence-electron chi connectivity index (χ0n) is 12.3. The Hall–Kier alpha value is -0.500. The van der Waals surface area contributed by atoms with Crippen molar-refractivity contribution in [1.29, 1.82) is 0 Å². The van der Waals surface area contributed by atoms with Crippen LogP contribution in [-0.4, -0.2) is 36.8 Å². The molecular formula is C15H18F6O2. The summed E-state index contributed by atoms with van der Waals surface area (Å²) in [7, 11) is 0. The quantitative estimate of drug-likeness (QED) is 0.553. The van der Waals surface area contributed by atoms with Gasteiger partial charge in [0, 0.05) is 0 Å². The Morgan fingerprint density at radius 1 is 0.565 bits per heavy atom. The third-order valence-corrected chi connectivity index (χ3v) is 6.23. The average molecular weight is 344 g/mol. The number of ether oxygens (including phenoxy) is 2. The van der Waals surface area contributed by atoms with Crippen LogP contribution in [0.15, 0.2) is 0 Å². The molecular weight excluding hydrogens is 326 g/mol. The zero-order valence-corrected chi connectivity index (χ0v) is 12.3. The third-order valence-electron chi connectivity index (χ3n) is 6.23. The molecule has 132 valence electrons. The molecule has 0 aromatic heterocycles. The smallest absolute Gasteiger partial charge is 0.370 e. The van der Waals surface area contributed by atoms with E-state index in [1.807, 2.05) is 0 Å². The fourth-order valence-electron chi connectivity index (χ4n) is 5.06. The molecule has 6 unspecified atom stereocenters. The van der Waals surface area contributed by atoms with Crippen LogP contribution in [-0.2, 0) is 9.47 Å². The van der Waals surface area contributed by atoms with Gasteiger partial charge in [-0.3, -0.25) is 0 Å². The number of rotatable bonds is 2. The fourth-order valence-corrected chi connectivity index (χ4v) is 5.06. The first kappa shape index (κ1) is 16.0. The van der Waals surface area contributed by atoms with E-state index in [-0.39, 0.29) is 37.9 Å². The van der Waals surface area contributed by atoms with Crippen LogP contribution in [0.1, 0.15) is 38.5 Å². The van der Waals surface area contributed by atoms with Gasteiger partial charge < -0.3 is 9.47 Å². The first-order valence-corrected chi connectivity index (χ1v) is 8.09. The molecule has 6 atom stereocenters. The lowest BCUT2D eigenvalue weighted by atomic mass is 9.57. The molecule has 0 amide bonds. The molecule has 4 rings (SSSR count). The monoisotopic (exact) mass is 344 g/mol. The van der Waals surface area contributed by atoms with Gasteiger partial charge in [-0.1, -0.05) is 0 Å². The summed E-state index contributed by atoms with van der Waals surface area (Å²) in [6.45, 7) is 0. The van der Waals surface area contributed by atoms with Crippen LogP contribution in [0.25, 0.3) is 0 Å². The molecule has 0 radical (unpaired) electrons. The van der Waals surface area contributed by atoms with E-state index < -0.39 is 41.8 Å². The molecule has 8 heteroatoms. The van der Waals surface area contributed by atoms with Crippen molar-refractivity contribution in [1.82, 2.24) is 0 Å². The van der Waals surface area contributed by atoms with Crippen molar-refractivity contribution in [3.8, 4) is 0 Å². The van der Waals surface area contributed by atoms with Gasteiger partial charge in [0.25, 0.3) is 0 Å². The zero-order chi connectivity index (χ0) is 16.6. The minimum atomic E-state index is -5.32. The maximum absolute atomic E-state index is 13.9. The second-order valence-corrected chi connectivity index (χ2v) is 7.31. The van der Waals surface area contributed by atoms with E-state index in [1.54, 1.807) is 0 Å². The van der Waals surface area contributed by atoms with Gasteiger partial charge in [-0.2, -0.15) is 26.3 Å². The lowest BCUT2D eigenvalue weighted by Crippen LogP contribution is -2.60. The van der Waals surface area contributed by atoms with Crippen LogP contribution in [0, 0.1) is 17.3 Å². The van der Waals surface area contributed by atoms with E-state index in [9.17, 15) is 26.3 Å². The first-order valence-electron chi connectivity index (χ1n) is 8.09. The van der Waals surface area contributed by atoms with Crippen LogP contribution in [0.3, 0.4) is 0 Å². The average Bonchev–Trinajstić information content (AvgIpc) is 3.29. The molecule has 2 heterocycles. The molecule has 0 bridgehead atoms. The predicted molar refractivity (Wildman–Crippen MR) is 66.5 cm³/mol. The molecule has 23 heavy (non-hydrogen) atoms. The van der Waals surface area contributed by atoms with Crippen molar-refractivity contribution in [3.05, 3.63) is 0 Å². The normalized spacial score (nSPS) is 43.6. The molecule has 2 saturated heterocycles. The molecule has 0 spiro atoms. The maximum Gasteiger partial charge on any atom is 0.403 e. The van der Waals surface area contributed by atoms with Crippen LogP contribution < -0.4 is 0 Å². The summed E-state index contributed by atoms with van der Waals surface area (Å²) in [5.41, 5.74) is -3.63. The van der Waals surface area contributed by atoms with Gasteiger partial charge in [0.05, 0.1) is 24.4 Å². The number of hydrogen-bond donors (Lipinski definition) is 0. The summed E-state index contributed by atoms with van der Waals surface area (Å²) < 4.78 is 93.9. The predicted octanol–water partition coefficient (Wildman–Crippen LogP) is 4.23. The van der Waals surface area contributed by atoms with Gasteiger partial charge in [0.1, 0.15) is 0 Å². The minimum Gasteiger partial charge on any atom is -0.370 e. The molecule has 2 aliphatic heterocycles. The fraction of sp³-hybridized carbons (Fsp3) is 1.00. The van der Waals surface area contributed by atoms with Crippen LogP contribution in [0.4, 0.5) is 26.3 Å². The summed E-state index contributed by atoms with van der Waals surface area (Å²) in [6.07, 6.45) is -11.6. The summed E-state index contributed by atoms with van der Waals surface area (Å²) in [5.74, 6) is -2.90. The van der Waals surface area contributed by atoms with Crippen LogP contribution >= 0.6 is 0 Å². The molecule has 4 aliphatic rings. The summed E-state index contributed by atoms with van der Waals surface area (Å²) in [5, 5.41) is 0. The molecule has 0 aromatic rings. The Labute approximate surface area is 129 Å². The molecule has 0 N–H and O–H groups in total. The van der Waals surface area contributed by atoms with E-state index in [1.165, 1.54) is 0 Å². The molecule has 4 fully saturated rings. The molecule has 2 aliphatic carbocycles. The van der Waals surface area contributed by atoms with Gasteiger partial charge >= 0.3 is 12.4 Å². The van der Waals surface area contributed by atoms with Crippen molar-refractivity contribution in [2.75, 3.05) is 0 Å². The highest BCUT2D eigenvalue weighted by Crippen LogP contribution is 2.66. The summed E-state index contributed by atoms with van der Waals surface area (Å²) in [6, 6.07) is 0. The van der Waals surface area contributed by atoms with Crippen molar-refractivity contribution in [2.24, 2.45) is 17.3 Å². The Morgan fingerprint density at radius 2 is 0.957 bits per heavy atom. The van der Waals surface area contributed by atoms with Crippen molar-refractivity contribution in [3.63, 3.8) is 0 Å². The Kier molecular flexibility index (Phi) is 3.32. The molecule has 2 nitrogen and oxygen atoms in total.